The van der Waals surface area contributed by atoms with Gasteiger partial charge in [-0.3, -0.25) is 9.78 Å². The van der Waals surface area contributed by atoms with Crippen molar-refractivity contribution in [3.8, 4) is 0 Å². The van der Waals surface area contributed by atoms with Gasteiger partial charge in [-0.2, -0.15) is 10.1 Å². The third-order valence-corrected chi connectivity index (χ3v) is 4.06. The number of hydrogen-bond acceptors (Lipinski definition) is 5. The van der Waals surface area contributed by atoms with Crippen LogP contribution in [0.3, 0.4) is 0 Å². The Hall–Kier alpha value is -1.89. The first-order chi connectivity index (χ1) is 10.9. The molecule has 0 bridgehead atoms. The standard InChI is InChI=1S/C17H27N5O2/c1-15(2,3)22-12-11(8-18-22)13(23)20-14(19-12)21-9-16(4,5)24-17(6,7)10-21/h8H,9-10H2,1-7H3,(H,19,20,23). The molecule has 0 aliphatic carbocycles. The number of nitrogens with zero attached hydrogens (tertiary/aromatic N) is 4. The van der Waals surface area contributed by atoms with Crippen molar-refractivity contribution >= 4 is 17.0 Å². The van der Waals surface area contributed by atoms with Crippen LogP contribution in [-0.2, 0) is 10.3 Å². The average Bonchev–Trinajstić information content (AvgIpc) is 2.78. The third-order valence-electron chi connectivity index (χ3n) is 4.06. The maximum Gasteiger partial charge on any atom is 0.263 e. The Morgan fingerprint density at radius 2 is 1.75 bits per heavy atom. The van der Waals surface area contributed by atoms with E-state index in [4.69, 9.17) is 9.72 Å². The van der Waals surface area contributed by atoms with Crippen LogP contribution in [0.1, 0.15) is 48.5 Å². The molecule has 0 unspecified atom stereocenters. The lowest BCUT2D eigenvalue weighted by molar-refractivity contribution is -0.133. The maximum atomic E-state index is 12.5. The van der Waals surface area contributed by atoms with Crippen LogP contribution in [0.5, 0.6) is 0 Å². The van der Waals surface area contributed by atoms with E-state index in [1.807, 2.05) is 20.8 Å². The molecule has 1 fully saturated rings. The van der Waals surface area contributed by atoms with Crippen LogP contribution in [-0.4, -0.2) is 44.0 Å². The number of aromatic nitrogens is 4. The van der Waals surface area contributed by atoms with Crippen LogP contribution in [0.15, 0.2) is 11.0 Å². The smallest absolute Gasteiger partial charge is 0.263 e. The second-order valence-electron chi connectivity index (χ2n) is 8.83. The molecular weight excluding hydrogens is 306 g/mol. The van der Waals surface area contributed by atoms with Crippen molar-refractivity contribution < 1.29 is 4.74 Å². The van der Waals surface area contributed by atoms with Gasteiger partial charge in [0.1, 0.15) is 5.39 Å². The number of nitrogens with one attached hydrogen (secondary N) is 1. The Morgan fingerprint density at radius 1 is 1.17 bits per heavy atom. The SMILES string of the molecule is CC1(C)CN(c2nc3c(cnn3C(C)(C)C)c(=O)[nH]2)CC(C)(C)O1. The number of fused-ring (bicyclic) bond motifs is 1. The Morgan fingerprint density at radius 3 is 2.29 bits per heavy atom. The Bertz CT molecular complexity index is 810. The van der Waals surface area contributed by atoms with Gasteiger partial charge in [-0.1, -0.05) is 0 Å². The molecule has 24 heavy (non-hydrogen) atoms. The van der Waals surface area contributed by atoms with Gasteiger partial charge in [0.25, 0.3) is 5.56 Å². The van der Waals surface area contributed by atoms with E-state index in [0.717, 1.165) is 0 Å². The predicted molar refractivity (Wildman–Crippen MR) is 94.6 cm³/mol. The molecule has 2 aromatic heterocycles. The van der Waals surface area contributed by atoms with Gasteiger partial charge in [0.2, 0.25) is 5.95 Å². The fraction of sp³-hybridized carbons (Fsp3) is 0.706. The Balaban J connectivity index is 2.12. The summed E-state index contributed by atoms with van der Waals surface area (Å²) < 4.78 is 7.92. The van der Waals surface area contributed by atoms with Crippen LogP contribution in [0, 0.1) is 0 Å². The van der Waals surface area contributed by atoms with Gasteiger partial charge in [0, 0.05) is 13.1 Å². The molecule has 1 saturated heterocycles. The molecule has 0 aromatic carbocycles. The zero-order valence-corrected chi connectivity index (χ0v) is 15.6. The second-order valence-corrected chi connectivity index (χ2v) is 8.83. The highest BCUT2D eigenvalue weighted by atomic mass is 16.5. The number of H-pyrrole nitrogens is 1. The minimum absolute atomic E-state index is 0.160. The van der Waals surface area contributed by atoms with E-state index < -0.39 is 0 Å². The zero-order chi connectivity index (χ0) is 17.9. The molecule has 132 valence electrons. The van der Waals surface area contributed by atoms with E-state index in [1.165, 1.54) is 0 Å². The molecule has 2 aromatic rings. The molecule has 3 heterocycles. The van der Waals surface area contributed by atoms with Crippen LogP contribution < -0.4 is 10.5 Å². The average molecular weight is 333 g/mol. The number of rotatable bonds is 1. The van der Waals surface area contributed by atoms with Gasteiger partial charge in [-0.05, 0) is 48.5 Å². The molecule has 0 spiro atoms. The van der Waals surface area contributed by atoms with Crippen molar-refractivity contribution in [2.24, 2.45) is 0 Å². The summed E-state index contributed by atoms with van der Waals surface area (Å²) in [6.45, 7) is 15.7. The summed E-state index contributed by atoms with van der Waals surface area (Å²) in [5.41, 5.74) is -0.432. The molecule has 7 heteroatoms. The van der Waals surface area contributed by atoms with Gasteiger partial charge < -0.3 is 9.64 Å². The fourth-order valence-corrected chi connectivity index (χ4v) is 3.49. The summed E-state index contributed by atoms with van der Waals surface area (Å²) in [7, 11) is 0. The molecule has 0 atom stereocenters. The lowest BCUT2D eigenvalue weighted by atomic mass is 9.99. The summed E-state index contributed by atoms with van der Waals surface area (Å²) in [4.78, 5) is 22.2. The molecule has 0 amide bonds. The first-order valence-electron chi connectivity index (χ1n) is 8.32. The monoisotopic (exact) mass is 333 g/mol. The summed E-state index contributed by atoms with van der Waals surface area (Å²) in [6, 6.07) is 0. The van der Waals surface area contributed by atoms with Crippen molar-refractivity contribution in [2.45, 2.75) is 65.2 Å². The van der Waals surface area contributed by atoms with Crippen LogP contribution >= 0.6 is 0 Å². The summed E-state index contributed by atoms with van der Waals surface area (Å²) in [5, 5.41) is 4.88. The van der Waals surface area contributed by atoms with Crippen LogP contribution in [0.2, 0.25) is 0 Å². The minimum atomic E-state index is -0.320. The van der Waals surface area contributed by atoms with E-state index in [-0.39, 0.29) is 22.3 Å². The van der Waals surface area contributed by atoms with Gasteiger partial charge >= 0.3 is 0 Å². The predicted octanol–water partition coefficient (Wildman–Crippen LogP) is 2.27. The van der Waals surface area contributed by atoms with Gasteiger partial charge in [0.15, 0.2) is 5.65 Å². The topological polar surface area (TPSA) is 76.0 Å². The number of aromatic amines is 1. The van der Waals surface area contributed by atoms with E-state index in [9.17, 15) is 4.79 Å². The summed E-state index contributed by atoms with van der Waals surface area (Å²) >= 11 is 0. The molecule has 1 N–H and O–H groups in total. The summed E-state index contributed by atoms with van der Waals surface area (Å²) in [5.74, 6) is 0.572. The molecular formula is C17H27N5O2. The first-order valence-corrected chi connectivity index (χ1v) is 8.32. The van der Waals surface area contributed by atoms with Crippen molar-refractivity contribution in [1.82, 2.24) is 19.7 Å². The number of hydrogen-bond donors (Lipinski definition) is 1. The quantitative estimate of drug-likeness (QED) is 0.866. The molecule has 7 nitrogen and oxygen atoms in total. The second kappa shape index (κ2) is 5.05. The minimum Gasteiger partial charge on any atom is -0.366 e. The lowest BCUT2D eigenvalue weighted by Gasteiger charge is -2.47. The van der Waals surface area contributed by atoms with Crippen molar-refractivity contribution in [1.29, 1.82) is 0 Å². The summed E-state index contributed by atoms with van der Waals surface area (Å²) in [6.07, 6.45) is 1.59. The Kier molecular flexibility index (Phi) is 3.57. The van der Waals surface area contributed by atoms with E-state index in [1.54, 1.807) is 10.9 Å². The maximum absolute atomic E-state index is 12.5. The van der Waals surface area contributed by atoms with Crippen LogP contribution in [0.25, 0.3) is 11.0 Å². The lowest BCUT2D eigenvalue weighted by Crippen LogP contribution is -2.57. The number of anilines is 1. The fourth-order valence-electron chi connectivity index (χ4n) is 3.49. The van der Waals surface area contributed by atoms with E-state index >= 15 is 0 Å². The van der Waals surface area contributed by atoms with Gasteiger partial charge in [-0.15, -0.1) is 0 Å². The molecule has 3 rings (SSSR count). The van der Waals surface area contributed by atoms with Gasteiger partial charge in [0.05, 0.1) is 22.9 Å². The van der Waals surface area contributed by atoms with Crippen molar-refractivity contribution in [2.75, 3.05) is 18.0 Å². The zero-order valence-electron chi connectivity index (χ0n) is 15.6. The van der Waals surface area contributed by atoms with Crippen LogP contribution in [0.4, 0.5) is 5.95 Å². The van der Waals surface area contributed by atoms with Gasteiger partial charge in [-0.25, -0.2) is 4.68 Å². The first kappa shape index (κ1) is 17.0. The van der Waals surface area contributed by atoms with Crippen molar-refractivity contribution in [3.63, 3.8) is 0 Å². The highest BCUT2D eigenvalue weighted by Gasteiger charge is 2.39. The molecule has 1 aliphatic rings. The molecule has 1 aliphatic heterocycles. The highest BCUT2D eigenvalue weighted by Crippen LogP contribution is 2.30. The van der Waals surface area contributed by atoms with Crippen molar-refractivity contribution in [3.05, 3.63) is 16.6 Å². The van der Waals surface area contributed by atoms with E-state index in [0.29, 0.717) is 30.1 Å². The molecule has 0 radical (unpaired) electrons. The highest BCUT2D eigenvalue weighted by molar-refractivity contribution is 5.74. The molecule has 0 saturated carbocycles. The Labute approximate surface area is 142 Å². The largest absolute Gasteiger partial charge is 0.366 e. The third kappa shape index (κ3) is 3.05. The number of ether oxygens (including phenoxy) is 1. The normalized spacial score (nSPS) is 20.5. The number of morpholine rings is 1. The van der Waals surface area contributed by atoms with E-state index in [2.05, 4.69) is 42.7 Å².